The fourth-order valence-electron chi connectivity index (χ4n) is 4.51. The molecule has 0 spiro atoms. The summed E-state index contributed by atoms with van der Waals surface area (Å²) in [5.74, 6) is 1.16. The Labute approximate surface area is 261 Å². The highest BCUT2D eigenvalue weighted by Gasteiger charge is 2.17. The number of nitrogens with zero attached hydrogens (tertiary/aromatic N) is 5. The molecule has 10 heteroatoms. The van der Waals surface area contributed by atoms with Crippen LogP contribution in [0.1, 0.15) is 11.1 Å². The third-order valence-electron chi connectivity index (χ3n) is 6.52. The standard InChI is InChI=1S/C33H25BrN6O2S/c34-26-9-6-7-23(19-26)21-42-30-14-13-24-8-4-5-12-28(24)29(30)20-36-37-31(41)22-43-33-39-38-32(25-15-17-35-18-16-25)40(33)27-10-2-1-3-11-27/h1-20H,21-22H2,(H,37,41)/b36-20+. The zero-order valence-electron chi connectivity index (χ0n) is 22.8. The second kappa shape index (κ2) is 13.5. The lowest BCUT2D eigenvalue weighted by molar-refractivity contribution is -0.118. The summed E-state index contributed by atoms with van der Waals surface area (Å²) in [5.41, 5.74) is 6.24. The van der Waals surface area contributed by atoms with Crippen LogP contribution < -0.4 is 10.2 Å². The maximum atomic E-state index is 12.9. The minimum atomic E-state index is -0.272. The molecule has 0 saturated heterocycles. The molecular formula is C33H25BrN6O2S. The number of hydrazone groups is 1. The van der Waals surface area contributed by atoms with E-state index in [0.717, 1.165) is 37.6 Å². The van der Waals surface area contributed by atoms with Gasteiger partial charge in [0.05, 0.1) is 12.0 Å². The monoisotopic (exact) mass is 648 g/mol. The second-order valence-corrected chi connectivity index (χ2v) is 11.3. The van der Waals surface area contributed by atoms with Gasteiger partial charge in [-0.3, -0.25) is 14.3 Å². The molecule has 0 radical (unpaired) electrons. The fourth-order valence-corrected chi connectivity index (χ4v) is 5.71. The molecule has 212 valence electrons. The van der Waals surface area contributed by atoms with Gasteiger partial charge in [0.25, 0.3) is 5.91 Å². The van der Waals surface area contributed by atoms with Crippen molar-refractivity contribution in [3.05, 3.63) is 131 Å². The van der Waals surface area contributed by atoms with E-state index in [1.54, 1.807) is 18.6 Å². The van der Waals surface area contributed by atoms with Gasteiger partial charge < -0.3 is 4.74 Å². The number of fused-ring (bicyclic) bond motifs is 1. The van der Waals surface area contributed by atoms with Crippen LogP contribution in [0.3, 0.4) is 0 Å². The highest BCUT2D eigenvalue weighted by molar-refractivity contribution is 9.10. The maximum Gasteiger partial charge on any atom is 0.250 e. The Hall–Kier alpha value is -4.80. The molecule has 1 amide bonds. The Kier molecular flexibility index (Phi) is 8.86. The number of halogens is 1. The summed E-state index contributed by atoms with van der Waals surface area (Å²) in [6.07, 6.45) is 5.06. The number of benzene rings is 4. The van der Waals surface area contributed by atoms with Crippen LogP contribution in [-0.2, 0) is 11.4 Å². The third kappa shape index (κ3) is 6.82. The summed E-state index contributed by atoms with van der Waals surface area (Å²) in [6, 6.07) is 33.5. The Balaban J connectivity index is 1.18. The van der Waals surface area contributed by atoms with E-state index in [2.05, 4.69) is 41.6 Å². The van der Waals surface area contributed by atoms with E-state index in [1.807, 2.05) is 108 Å². The average molecular weight is 650 g/mol. The van der Waals surface area contributed by atoms with Gasteiger partial charge in [-0.05, 0) is 58.8 Å². The molecule has 6 rings (SSSR count). The lowest BCUT2D eigenvalue weighted by atomic mass is 10.0. The number of carbonyl (C=O) groups excluding carboxylic acids is 1. The van der Waals surface area contributed by atoms with Gasteiger partial charge in [-0.25, -0.2) is 5.43 Å². The summed E-state index contributed by atoms with van der Waals surface area (Å²) in [6.45, 7) is 0.394. The van der Waals surface area contributed by atoms with Crippen LogP contribution >= 0.6 is 27.7 Å². The van der Waals surface area contributed by atoms with Crippen LogP contribution in [0.4, 0.5) is 0 Å². The van der Waals surface area contributed by atoms with Crippen LogP contribution in [0.25, 0.3) is 27.8 Å². The van der Waals surface area contributed by atoms with Crippen molar-refractivity contribution in [1.29, 1.82) is 0 Å². The molecular weight excluding hydrogens is 624 g/mol. The zero-order valence-corrected chi connectivity index (χ0v) is 25.2. The molecule has 0 aliphatic carbocycles. The zero-order chi connectivity index (χ0) is 29.4. The smallest absolute Gasteiger partial charge is 0.250 e. The minimum absolute atomic E-state index is 0.0977. The molecule has 0 atom stereocenters. The minimum Gasteiger partial charge on any atom is -0.488 e. The molecule has 6 aromatic rings. The van der Waals surface area contributed by atoms with Gasteiger partial charge >= 0.3 is 0 Å². The molecule has 1 N–H and O–H groups in total. The molecule has 0 unspecified atom stereocenters. The second-order valence-electron chi connectivity index (χ2n) is 9.41. The topological polar surface area (TPSA) is 94.3 Å². The van der Waals surface area contributed by atoms with Crippen LogP contribution in [0, 0.1) is 0 Å². The highest BCUT2D eigenvalue weighted by Crippen LogP contribution is 2.29. The summed E-state index contributed by atoms with van der Waals surface area (Å²) in [7, 11) is 0. The third-order valence-corrected chi connectivity index (χ3v) is 7.94. The number of ether oxygens (including phenoxy) is 1. The maximum absolute atomic E-state index is 12.9. The Morgan fingerprint density at radius 2 is 1.74 bits per heavy atom. The number of carbonyl (C=O) groups is 1. The van der Waals surface area contributed by atoms with E-state index in [-0.39, 0.29) is 11.7 Å². The predicted octanol–water partition coefficient (Wildman–Crippen LogP) is 7.07. The van der Waals surface area contributed by atoms with E-state index < -0.39 is 0 Å². The molecule has 0 saturated carbocycles. The number of thioether (sulfide) groups is 1. The molecule has 2 aromatic heterocycles. The van der Waals surface area contributed by atoms with Crippen molar-refractivity contribution in [3.63, 3.8) is 0 Å². The van der Waals surface area contributed by atoms with Gasteiger partial charge in [-0.2, -0.15) is 5.10 Å². The van der Waals surface area contributed by atoms with Gasteiger partial charge in [0, 0.05) is 33.7 Å². The first-order valence-corrected chi connectivity index (χ1v) is 15.2. The van der Waals surface area contributed by atoms with Gasteiger partial charge in [0.2, 0.25) is 0 Å². The fraction of sp³-hybridized carbons (Fsp3) is 0.0606. The molecule has 8 nitrogen and oxygen atoms in total. The first-order valence-electron chi connectivity index (χ1n) is 13.4. The van der Waals surface area contributed by atoms with Gasteiger partial charge in [-0.1, -0.05) is 88.4 Å². The van der Waals surface area contributed by atoms with Crippen LogP contribution in [0.2, 0.25) is 0 Å². The van der Waals surface area contributed by atoms with Crippen molar-refractivity contribution >= 4 is 50.6 Å². The van der Waals surface area contributed by atoms with Gasteiger partial charge in [0.15, 0.2) is 11.0 Å². The molecule has 0 fully saturated rings. The Bertz CT molecular complexity index is 1900. The van der Waals surface area contributed by atoms with E-state index in [9.17, 15) is 4.79 Å². The molecule has 4 aromatic carbocycles. The van der Waals surface area contributed by atoms with Crippen LogP contribution in [-0.4, -0.2) is 37.6 Å². The number of hydrogen-bond acceptors (Lipinski definition) is 7. The van der Waals surface area contributed by atoms with E-state index >= 15 is 0 Å². The molecule has 0 aliphatic heterocycles. The summed E-state index contributed by atoms with van der Waals surface area (Å²) >= 11 is 4.79. The van der Waals surface area contributed by atoms with E-state index in [4.69, 9.17) is 4.74 Å². The Morgan fingerprint density at radius 1 is 0.930 bits per heavy atom. The quantitative estimate of drug-likeness (QED) is 0.0970. The SMILES string of the molecule is O=C(CSc1nnc(-c2ccncc2)n1-c1ccccc1)N/N=C/c1c(OCc2cccc(Br)c2)ccc2ccccc12. The molecule has 0 aliphatic rings. The predicted molar refractivity (Wildman–Crippen MR) is 173 cm³/mol. The first kappa shape index (κ1) is 28.3. The van der Waals surface area contributed by atoms with Crippen LogP contribution in [0.5, 0.6) is 5.75 Å². The molecule has 0 bridgehead atoms. The number of aromatic nitrogens is 4. The number of nitrogens with one attached hydrogen (secondary N) is 1. The lowest BCUT2D eigenvalue weighted by Gasteiger charge is -2.12. The van der Waals surface area contributed by atoms with Gasteiger partial charge in [-0.15, -0.1) is 10.2 Å². The number of para-hydroxylation sites is 1. The normalized spacial score (nSPS) is 11.2. The number of rotatable bonds is 10. The van der Waals surface area contributed by atoms with Crippen molar-refractivity contribution < 1.29 is 9.53 Å². The van der Waals surface area contributed by atoms with Crippen molar-refractivity contribution in [1.82, 2.24) is 25.2 Å². The van der Waals surface area contributed by atoms with E-state index in [0.29, 0.717) is 23.3 Å². The molecule has 43 heavy (non-hydrogen) atoms. The number of amides is 1. The van der Waals surface area contributed by atoms with Crippen molar-refractivity contribution in [3.8, 4) is 22.8 Å². The summed E-state index contributed by atoms with van der Waals surface area (Å²) in [5, 5.41) is 15.7. The summed E-state index contributed by atoms with van der Waals surface area (Å²) < 4.78 is 9.12. The largest absolute Gasteiger partial charge is 0.488 e. The highest BCUT2D eigenvalue weighted by atomic mass is 79.9. The van der Waals surface area contributed by atoms with Crippen molar-refractivity contribution in [2.45, 2.75) is 11.8 Å². The van der Waals surface area contributed by atoms with Crippen molar-refractivity contribution in [2.24, 2.45) is 5.10 Å². The molecule has 2 heterocycles. The number of pyridine rings is 1. The number of hydrogen-bond donors (Lipinski definition) is 1. The Morgan fingerprint density at radius 3 is 2.58 bits per heavy atom. The van der Waals surface area contributed by atoms with Crippen molar-refractivity contribution in [2.75, 3.05) is 5.75 Å². The van der Waals surface area contributed by atoms with Gasteiger partial charge in [0.1, 0.15) is 12.4 Å². The average Bonchev–Trinajstić information content (AvgIpc) is 3.48. The summed E-state index contributed by atoms with van der Waals surface area (Å²) in [4.78, 5) is 17.0. The first-order chi connectivity index (χ1) is 21.2. The van der Waals surface area contributed by atoms with E-state index in [1.165, 1.54) is 11.8 Å². The lowest BCUT2D eigenvalue weighted by Crippen LogP contribution is -2.20. The van der Waals surface area contributed by atoms with Crippen LogP contribution in [0.15, 0.2) is 130 Å².